The van der Waals surface area contributed by atoms with Crippen molar-refractivity contribution in [1.82, 2.24) is 9.99 Å². The second-order valence-corrected chi connectivity index (χ2v) is 5.15. The standard InChI is InChI=1S/C15H17N5OS/c1-19(2)12-8-6-11(7-9-12)18-15(22)20(16)14(21)13-5-3-4-10-17-13/h3-10H,16H2,1-2H3,(H,18,22). The molecule has 22 heavy (non-hydrogen) atoms. The van der Waals surface area contributed by atoms with Crippen LogP contribution in [0.3, 0.4) is 0 Å². The number of amides is 1. The van der Waals surface area contributed by atoms with Gasteiger partial charge in [0.1, 0.15) is 5.69 Å². The third-order valence-corrected chi connectivity index (χ3v) is 3.26. The van der Waals surface area contributed by atoms with E-state index in [2.05, 4.69) is 10.3 Å². The van der Waals surface area contributed by atoms with E-state index in [0.717, 1.165) is 16.4 Å². The molecule has 0 fully saturated rings. The summed E-state index contributed by atoms with van der Waals surface area (Å²) in [6.45, 7) is 0. The van der Waals surface area contributed by atoms with E-state index in [9.17, 15) is 4.79 Å². The summed E-state index contributed by atoms with van der Waals surface area (Å²) in [7, 11) is 3.92. The lowest BCUT2D eigenvalue weighted by Crippen LogP contribution is -2.45. The molecule has 6 nitrogen and oxygen atoms in total. The van der Waals surface area contributed by atoms with Crippen LogP contribution in [0, 0.1) is 0 Å². The number of rotatable bonds is 3. The van der Waals surface area contributed by atoms with Crippen molar-refractivity contribution in [3.05, 3.63) is 54.4 Å². The van der Waals surface area contributed by atoms with Gasteiger partial charge < -0.3 is 10.2 Å². The number of nitrogens with zero attached hydrogens (tertiary/aromatic N) is 3. The number of pyridine rings is 1. The van der Waals surface area contributed by atoms with Crippen molar-refractivity contribution in [1.29, 1.82) is 0 Å². The molecule has 0 atom stereocenters. The summed E-state index contributed by atoms with van der Waals surface area (Å²) in [5.74, 6) is 5.28. The fourth-order valence-corrected chi connectivity index (χ4v) is 1.93. The van der Waals surface area contributed by atoms with Gasteiger partial charge >= 0.3 is 0 Å². The molecule has 1 heterocycles. The van der Waals surface area contributed by atoms with E-state index in [1.165, 1.54) is 6.20 Å². The van der Waals surface area contributed by atoms with Gasteiger partial charge in [0, 0.05) is 31.7 Å². The SMILES string of the molecule is CN(C)c1ccc(NC(=S)N(N)C(=O)c2ccccn2)cc1. The minimum absolute atomic E-state index is 0.105. The normalized spacial score (nSPS) is 9.95. The summed E-state index contributed by atoms with van der Waals surface area (Å²) in [6.07, 6.45) is 1.53. The highest BCUT2D eigenvalue weighted by Crippen LogP contribution is 2.16. The number of nitrogens with two attached hydrogens (primary N) is 1. The molecule has 0 aliphatic heterocycles. The van der Waals surface area contributed by atoms with Gasteiger partial charge in [-0.3, -0.25) is 9.78 Å². The zero-order valence-corrected chi connectivity index (χ0v) is 13.2. The van der Waals surface area contributed by atoms with Crippen LogP contribution in [0.4, 0.5) is 11.4 Å². The first-order valence-corrected chi connectivity index (χ1v) is 6.98. The maximum Gasteiger partial charge on any atom is 0.292 e. The van der Waals surface area contributed by atoms with E-state index in [4.69, 9.17) is 18.1 Å². The number of hydrazine groups is 1. The van der Waals surface area contributed by atoms with E-state index in [-0.39, 0.29) is 10.8 Å². The number of thiocarbonyl (C=S) groups is 1. The van der Waals surface area contributed by atoms with Crippen molar-refractivity contribution in [2.45, 2.75) is 0 Å². The van der Waals surface area contributed by atoms with Gasteiger partial charge in [0.15, 0.2) is 5.11 Å². The second kappa shape index (κ2) is 6.97. The first kappa shape index (κ1) is 15.9. The monoisotopic (exact) mass is 315 g/mol. The summed E-state index contributed by atoms with van der Waals surface area (Å²) in [6, 6.07) is 12.6. The first-order valence-electron chi connectivity index (χ1n) is 6.57. The van der Waals surface area contributed by atoms with Crippen LogP contribution in [-0.2, 0) is 0 Å². The first-order chi connectivity index (χ1) is 10.5. The van der Waals surface area contributed by atoms with Gasteiger partial charge in [-0.1, -0.05) is 6.07 Å². The van der Waals surface area contributed by atoms with Gasteiger partial charge in [0.2, 0.25) is 0 Å². The Morgan fingerprint density at radius 3 is 2.41 bits per heavy atom. The highest BCUT2D eigenvalue weighted by Gasteiger charge is 2.17. The minimum Gasteiger partial charge on any atom is -0.378 e. The number of aromatic nitrogens is 1. The van der Waals surface area contributed by atoms with Gasteiger partial charge in [-0.2, -0.15) is 0 Å². The quantitative estimate of drug-likeness (QED) is 0.390. The van der Waals surface area contributed by atoms with E-state index < -0.39 is 5.91 Å². The highest BCUT2D eigenvalue weighted by molar-refractivity contribution is 7.80. The number of hydrogen-bond acceptors (Lipinski definition) is 5. The van der Waals surface area contributed by atoms with Crippen LogP contribution in [0.1, 0.15) is 10.5 Å². The van der Waals surface area contributed by atoms with Crippen LogP contribution in [0.2, 0.25) is 0 Å². The lowest BCUT2D eigenvalue weighted by atomic mass is 10.2. The minimum atomic E-state index is -0.469. The van der Waals surface area contributed by atoms with Gasteiger partial charge in [0.25, 0.3) is 5.91 Å². The molecule has 0 aliphatic carbocycles. The Bertz CT molecular complexity index is 657. The second-order valence-electron chi connectivity index (χ2n) is 4.76. The maximum atomic E-state index is 12.1. The molecule has 1 aromatic heterocycles. The molecule has 0 bridgehead atoms. The topological polar surface area (TPSA) is 74.5 Å². The van der Waals surface area contributed by atoms with Crippen LogP contribution in [0.15, 0.2) is 48.7 Å². The van der Waals surface area contributed by atoms with Crippen molar-refractivity contribution in [3.8, 4) is 0 Å². The zero-order valence-electron chi connectivity index (χ0n) is 12.4. The number of benzene rings is 1. The van der Waals surface area contributed by atoms with Gasteiger partial charge in [-0.15, -0.1) is 0 Å². The van der Waals surface area contributed by atoms with Crippen molar-refractivity contribution < 1.29 is 4.79 Å². The molecule has 7 heteroatoms. The fraction of sp³-hybridized carbons (Fsp3) is 0.133. The highest BCUT2D eigenvalue weighted by atomic mass is 32.1. The third-order valence-electron chi connectivity index (χ3n) is 2.96. The Balaban J connectivity index is 2.03. The van der Waals surface area contributed by atoms with Gasteiger partial charge in [0.05, 0.1) is 0 Å². The largest absolute Gasteiger partial charge is 0.378 e. The smallest absolute Gasteiger partial charge is 0.292 e. The van der Waals surface area contributed by atoms with Crippen LogP contribution in [0.25, 0.3) is 0 Å². The Morgan fingerprint density at radius 1 is 1.18 bits per heavy atom. The molecular weight excluding hydrogens is 298 g/mol. The molecule has 0 saturated carbocycles. The number of nitrogens with one attached hydrogen (secondary N) is 1. The Kier molecular flexibility index (Phi) is 5.03. The van der Waals surface area contributed by atoms with Crippen molar-refractivity contribution >= 4 is 34.6 Å². The van der Waals surface area contributed by atoms with E-state index in [0.29, 0.717) is 0 Å². The van der Waals surface area contributed by atoms with Crippen molar-refractivity contribution in [3.63, 3.8) is 0 Å². The predicted octanol–water partition coefficient (Wildman–Crippen LogP) is 1.86. The molecule has 0 saturated heterocycles. The lowest BCUT2D eigenvalue weighted by Gasteiger charge is -2.19. The molecule has 0 aliphatic rings. The fourth-order valence-electron chi connectivity index (χ4n) is 1.73. The Morgan fingerprint density at radius 2 is 1.86 bits per heavy atom. The molecule has 2 aromatic rings. The van der Waals surface area contributed by atoms with Crippen molar-refractivity contribution in [2.75, 3.05) is 24.3 Å². The molecule has 0 spiro atoms. The average Bonchev–Trinajstić information content (AvgIpc) is 2.54. The molecule has 0 radical (unpaired) electrons. The Labute approximate surface area is 134 Å². The zero-order chi connectivity index (χ0) is 16.1. The van der Waals surface area contributed by atoms with Crippen LogP contribution < -0.4 is 16.1 Å². The number of carbonyl (C=O) groups is 1. The third kappa shape index (κ3) is 3.78. The van der Waals surface area contributed by atoms with Gasteiger partial charge in [-0.05, 0) is 48.6 Å². The van der Waals surface area contributed by atoms with Crippen LogP contribution in [-0.4, -0.2) is 35.1 Å². The Hall–Kier alpha value is -2.51. The average molecular weight is 315 g/mol. The summed E-state index contributed by atoms with van der Waals surface area (Å²) >= 11 is 5.15. The summed E-state index contributed by atoms with van der Waals surface area (Å²) in [5, 5.41) is 3.90. The summed E-state index contributed by atoms with van der Waals surface area (Å²) in [5.41, 5.74) is 2.04. The number of anilines is 2. The van der Waals surface area contributed by atoms with E-state index in [1.807, 2.05) is 43.3 Å². The van der Waals surface area contributed by atoms with Crippen LogP contribution >= 0.6 is 12.2 Å². The molecule has 1 amide bonds. The molecule has 3 N–H and O–H groups in total. The molecule has 1 aromatic carbocycles. The van der Waals surface area contributed by atoms with Crippen molar-refractivity contribution in [2.24, 2.45) is 5.84 Å². The molecule has 0 unspecified atom stereocenters. The molecule has 114 valence electrons. The summed E-state index contributed by atoms with van der Waals surface area (Å²) in [4.78, 5) is 18.1. The van der Waals surface area contributed by atoms with E-state index in [1.54, 1.807) is 18.2 Å². The predicted molar refractivity (Wildman–Crippen MR) is 91.6 cm³/mol. The lowest BCUT2D eigenvalue weighted by molar-refractivity contribution is 0.0844. The number of hydrogen-bond donors (Lipinski definition) is 2. The van der Waals surface area contributed by atoms with E-state index >= 15 is 0 Å². The van der Waals surface area contributed by atoms with Crippen LogP contribution in [0.5, 0.6) is 0 Å². The molecule has 2 rings (SSSR count). The van der Waals surface area contributed by atoms with Gasteiger partial charge in [-0.25, -0.2) is 10.9 Å². The summed E-state index contributed by atoms with van der Waals surface area (Å²) < 4.78 is 0. The molecular formula is C15H17N5OS. The number of carbonyl (C=O) groups excluding carboxylic acids is 1. The maximum absolute atomic E-state index is 12.1.